The number of nitrogens with one attached hydrogen (secondary N) is 1. The van der Waals surface area contributed by atoms with Crippen LogP contribution in [0, 0.1) is 5.82 Å². The number of halogens is 1. The van der Waals surface area contributed by atoms with E-state index in [2.05, 4.69) is 27.0 Å². The van der Waals surface area contributed by atoms with Crippen LogP contribution in [0.4, 0.5) is 10.1 Å². The quantitative estimate of drug-likeness (QED) is 0.827. The summed E-state index contributed by atoms with van der Waals surface area (Å²) in [4.78, 5) is 21.3. The number of amides is 1. The van der Waals surface area contributed by atoms with Gasteiger partial charge in [-0.3, -0.25) is 4.79 Å². The van der Waals surface area contributed by atoms with E-state index in [9.17, 15) is 9.18 Å². The number of hydrogen-bond acceptors (Lipinski definition) is 5. The number of carbonyl (C=O) groups excluding carboxylic acids is 1. The number of hydrogen-bond donors (Lipinski definition) is 1. The summed E-state index contributed by atoms with van der Waals surface area (Å²) in [6.45, 7) is 8.79. The Balaban J connectivity index is 1.76. The molecule has 150 valence electrons. The van der Waals surface area contributed by atoms with Gasteiger partial charge in [-0.25, -0.2) is 9.37 Å². The van der Waals surface area contributed by atoms with Crippen molar-refractivity contribution in [1.82, 2.24) is 15.2 Å². The van der Waals surface area contributed by atoms with Crippen LogP contribution in [0.15, 0.2) is 36.5 Å². The number of nitrogens with zero attached hydrogens (tertiary/aromatic N) is 3. The highest BCUT2D eigenvalue weighted by molar-refractivity contribution is 5.94. The number of benzene rings is 1. The van der Waals surface area contributed by atoms with Gasteiger partial charge in [0.25, 0.3) is 5.91 Å². The minimum atomic E-state index is -0.343. The lowest BCUT2D eigenvalue weighted by Crippen LogP contribution is -2.46. The molecule has 1 saturated heterocycles. The van der Waals surface area contributed by atoms with Crippen LogP contribution in [-0.2, 0) is 0 Å². The minimum absolute atomic E-state index is 0.256. The number of methoxy groups -OCH3 is 1. The van der Waals surface area contributed by atoms with E-state index in [1.54, 1.807) is 12.1 Å². The molecule has 1 N–H and O–H groups in total. The molecular weight excluding hydrogens is 359 g/mol. The van der Waals surface area contributed by atoms with Gasteiger partial charge in [0.15, 0.2) is 0 Å². The van der Waals surface area contributed by atoms with Crippen molar-refractivity contribution < 1.29 is 13.9 Å². The van der Waals surface area contributed by atoms with E-state index >= 15 is 0 Å². The summed E-state index contributed by atoms with van der Waals surface area (Å²) in [5, 5.41) is 2.95. The predicted octanol–water partition coefficient (Wildman–Crippen LogP) is 2.86. The molecule has 1 fully saturated rings. The lowest BCUT2D eigenvalue weighted by molar-refractivity contribution is 0.0939. The molecule has 3 rings (SSSR count). The number of likely N-dealkylation sites (N-methyl/N-ethyl adjacent to an activating group) is 1. The maximum Gasteiger partial charge on any atom is 0.253 e. The summed E-state index contributed by atoms with van der Waals surface area (Å²) >= 11 is 0. The highest BCUT2D eigenvalue weighted by Crippen LogP contribution is 2.28. The second-order valence-corrected chi connectivity index (χ2v) is 6.91. The fraction of sp³-hybridized carbons (Fsp3) is 0.429. The van der Waals surface area contributed by atoms with Crippen molar-refractivity contribution in [3.63, 3.8) is 0 Å². The summed E-state index contributed by atoms with van der Waals surface area (Å²) in [5.74, 6) is -0.116. The number of anilines is 1. The smallest absolute Gasteiger partial charge is 0.253 e. The van der Waals surface area contributed by atoms with E-state index in [0.717, 1.165) is 44.0 Å². The van der Waals surface area contributed by atoms with Gasteiger partial charge in [-0.05, 0) is 37.7 Å². The molecule has 0 spiro atoms. The predicted molar refractivity (Wildman–Crippen MR) is 107 cm³/mol. The Morgan fingerprint density at radius 2 is 2.00 bits per heavy atom. The maximum atomic E-state index is 14.0. The van der Waals surface area contributed by atoms with Gasteiger partial charge in [0.1, 0.15) is 5.82 Å². The molecular formula is C21H27FN4O2. The van der Waals surface area contributed by atoms with Crippen molar-refractivity contribution in [3.8, 4) is 5.88 Å². The highest BCUT2D eigenvalue weighted by atomic mass is 19.1. The second-order valence-electron chi connectivity index (χ2n) is 6.91. The number of piperazine rings is 1. The zero-order chi connectivity index (χ0) is 20.1. The fourth-order valence-electron chi connectivity index (χ4n) is 3.46. The first-order valence-electron chi connectivity index (χ1n) is 9.59. The zero-order valence-corrected chi connectivity index (χ0v) is 16.6. The summed E-state index contributed by atoms with van der Waals surface area (Å²) in [6.07, 6.45) is 1.47. The molecule has 6 nitrogen and oxygen atoms in total. The molecule has 1 aliphatic heterocycles. The van der Waals surface area contributed by atoms with E-state index < -0.39 is 0 Å². The van der Waals surface area contributed by atoms with Crippen molar-refractivity contribution in [2.75, 3.05) is 44.7 Å². The Bertz CT molecular complexity index is 805. The Labute approximate surface area is 165 Å². The number of rotatable bonds is 6. The highest BCUT2D eigenvalue weighted by Gasteiger charge is 2.22. The Morgan fingerprint density at radius 1 is 1.25 bits per heavy atom. The number of carbonyl (C=O) groups is 1. The first-order chi connectivity index (χ1) is 13.5. The number of ether oxygens (including phenoxy) is 1. The third kappa shape index (κ3) is 4.59. The number of pyridine rings is 1. The normalized spacial score (nSPS) is 15.9. The van der Waals surface area contributed by atoms with Crippen molar-refractivity contribution in [1.29, 1.82) is 0 Å². The first kappa shape index (κ1) is 20.1. The van der Waals surface area contributed by atoms with Gasteiger partial charge < -0.3 is 19.9 Å². The van der Waals surface area contributed by atoms with E-state index in [-0.39, 0.29) is 17.8 Å². The minimum Gasteiger partial charge on any atom is -0.481 e. The van der Waals surface area contributed by atoms with Crippen LogP contribution < -0.4 is 15.0 Å². The van der Waals surface area contributed by atoms with Crippen LogP contribution in [0.25, 0.3) is 0 Å². The molecule has 0 radical (unpaired) electrons. The SMILES string of the molecule is CCN1CCN(c2ccc(F)cc2C(C)NC(=O)c2ccc(OC)nc2)CC1. The Morgan fingerprint density at radius 3 is 2.61 bits per heavy atom. The molecule has 1 unspecified atom stereocenters. The van der Waals surface area contributed by atoms with Gasteiger partial charge in [0.2, 0.25) is 5.88 Å². The Hall–Kier alpha value is -2.67. The molecule has 2 heterocycles. The molecule has 0 saturated carbocycles. The lowest BCUT2D eigenvalue weighted by Gasteiger charge is -2.37. The van der Waals surface area contributed by atoms with Gasteiger partial charge in [0.05, 0.1) is 18.7 Å². The summed E-state index contributed by atoms with van der Waals surface area (Å²) in [6, 6.07) is 7.75. The molecule has 7 heteroatoms. The molecule has 1 aromatic heterocycles. The van der Waals surface area contributed by atoms with Gasteiger partial charge in [-0.2, -0.15) is 0 Å². The van der Waals surface area contributed by atoms with Crippen molar-refractivity contribution >= 4 is 11.6 Å². The first-order valence-corrected chi connectivity index (χ1v) is 9.59. The van der Waals surface area contributed by atoms with E-state index in [1.807, 2.05) is 13.0 Å². The number of aromatic nitrogens is 1. The Kier molecular flexibility index (Phi) is 6.46. The molecule has 2 aromatic rings. The summed E-state index contributed by atoms with van der Waals surface area (Å²) in [5.41, 5.74) is 2.18. The fourth-order valence-corrected chi connectivity index (χ4v) is 3.46. The third-order valence-electron chi connectivity index (χ3n) is 5.17. The largest absolute Gasteiger partial charge is 0.481 e. The molecule has 0 aliphatic carbocycles. The average Bonchev–Trinajstić information content (AvgIpc) is 2.73. The molecule has 28 heavy (non-hydrogen) atoms. The topological polar surface area (TPSA) is 57.7 Å². The van der Waals surface area contributed by atoms with Crippen LogP contribution in [0.5, 0.6) is 5.88 Å². The monoisotopic (exact) mass is 386 g/mol. The van der Waals surface area contributed by atoms with E-state index in [1.165, 1.54) is 25.4 Å². The van der Waals surface area contributed by atoms with E-state index in [0.29, 0.717) is 11.4 Å². The standard InChI is InChI=1S/C21H27FN4O2/c1-4-25-9-11-26(12-10-25)19-7-6-17(22)13-18(19)15(2)24-21(27)16-5-8-20(28-3)23-14-16/h5-8,13-15H,4,9-12H2,1-3H3,(H,24,27). The molecule has 1 amide bonds. The van der Waals surface area contributed by atoms with Crippen LogP contribution in [0.3, 0.4) is 0 Å². The van der Waals surface area contributed by atoms with Crippen LogP contribution in [0.1, 0.15) is 35.8 Å². The van der Waals surface area contributed by atoms with Crippen LogP contribution in [-0.4, -0.2) is 55.6 Å². The van der Waals surface area contributed by atoms with E-state index in [4.69, 9.17) is 4.74 Å². The molecule has 1 aromatic carbocycles. The van der Waals surface area contributed by atoms with Crippen molar-refractivity contribution in [2.24, 2.45) is 0 Å². The van der Waals surface area contributed by atoms with Gasteiger partial charge in [-0.15, -0.1) is 0 Å². The summed E-state index contributed by atoms with van der Waals surface area (Å²) < 4.78 is 19.0. The average molecular weight is 386 g/mol. The van der Waals surface area contributed by atoms with Crippen LogP contribution >= 0.6 is 0 Å². The summed E-state index contributed by atoms with van der Waals surface area (Å²) in [7, 11) is 1.52. The third-order valence-corrected chi connectivity index (χ3v) is 5.17. The molecule has 1 atom stereocenters. The van der Waals surface area contributed by atoms with Crippen LogP contribution in [0.2, 0.25) is 0 Å². The lowest BCUT2D eigenvalue weighted by atomic mass is 10.0. The molecule has 0 bridgehead atoms. The maximum absolute atomic E-state index is 14.0. The van der Waals surface area contributed by atoms with Gasteiger partial charge in [0, 0.05) is 49.7 Å². The van der Waals surface area contributed by atoms with Crippen molar-refractivity contribution in [2.45, 2.75) is 19.9 Å². The molecule has 1 aliphatic rings. The zero-order valence-electron chi connectivity index (χ0n) is 16.6. The van der Waals surface area contributed by atoms with Gasteiger partial charge in [-0.1, -0.05) is 6.92 Å². The van der Waals surface area contributed by atoms with Gasteiger partial charge >= 0.3 is 0 Å². The van der Waals surface area contributed by atoms with Crippen molar-refractivity contribution in [3.05, 3.63) is 53.5 Å². The second kappa shape index (κ2) is 9.01.